The van der Waals surface area contributed by atoms with Crippen molar-refractivity contribution in [2.24, 2.45) is 0 Å². The van der Waals surface area contributed by atoms with Gasteiger partial charge in [0.1, 0.15) is 6.73 Å². The third kappa shape index (κ3) is 4.04. The maximum atomic E-state index is 11.8. The van der Waals surface area contributed by atoms with E-state index in [1.165, 1.54) is 0 Å². The van der Waals surface area contributed by atoms with E-state index in [-0.39, 0.29) is 5.91 Å². The number of carbonyl (C=O) groups is 1. The molecule has 0 bridgehead atoms. The number of nitrogens with zero attached hydrogens (tertiary/aromatic N) is 4. The maximum Gasteiger partial charge on any atom is 0.226 e. The lowest BCUT2D eigenvalue weighted by atomic mass is 10.4. The minimum Gasteiger partial charge on any atom is -0.362 e. The van der Waals surface area contributed by atoms with E-state index in [2.05, 4.69) is 38.1 Å². The molecule has 0 aliphatic rings. The van der Waals surface area contributed by atoms with Gasteiger partial charge in [0.2, 0.25) is 5.91 Å². The molecule has 0 atom stereocenters. The van der Waals surface area contributed by atoms with Crippen LogP contribution in [0.5, 0.6) is 0 Å². The second-order valence-corrected chi connectivity index (χ2v) is 5.47. The van der Waals surface area contributed by atoms with Crippen molar-refractivity contribution in [3.05, 3.63) is 27.9 Å². The van der Waals surface area contributed by atoms with Gasteiger partial charge in [-0.1, -0.05) is 0 Å². The molecule has 0 saturated heterocycles. The number of amides is 1. The van der Waals surface area contributed by atoms with Crippen molar-refractivity contribution in [1.29, 1.82) is 0 Å². The molecule has 0 radical (unpaired) electrons. The van der Waals surface area contributed by atoms with E-state index >= 15 is 0 Å². The van der Waals surface area contributed by atoms with Crippen LogP contribution in [0.1, 0.15) is 12.1 Å². The number of rotatable bonds is 6. The molecule has 0 fully saturated rings. The Labute approximate surface area is 130 Å². The second kappa shape index (κ2) is 6.84. The minimum absolute atomic E-state index is 0.0647. The molecule has 0 saturated carbocycles. The average Bonchev–Trinajstić information content (AvgIpc) is 2.96. The molecule has 1 amide bonds. The summed E-state index contributed by atoms with van der Waals surface area (Å²) in [5.74, 6) is -0.0647. The zero-order valence-corrected chi connectivity index (χ0v) is 13.5. The number of ether oxygens (including phenoxy) is 1. The summed E-state index contributed by atoms with van der Waals surface area (Å²) < 4.78 is 9.43. The summed E-state index contributed by atoms with van der Waals surface area (Å²) in [7, 11) is 1.59. The number of aryl methyl sites for hydroxylation is 2. The molecular weight excluding hydrogens is 373 g/mol. The molecule has 0 aliphatic heterocycles. The predicted molar refractivity (Wildman–Crippen MR) is 82.2 cm³/mol. The summed E-state index contributed by atoms with van der Waals surface area (Å²) in [6, 6.07) is 0. The SMILES string of the molecule is COCn1cc(NC(=O)CCn2cc(I)c(C)n2)cn1. The molecule has 8 heteroatoms. The second-order valence-electron chi connectivity index (χ2n) is 4.31. The molecule has 0 spiro atoms. The van der Waals surface area contributed by atoms with Gasteiger partial charge in [-0.2, -0.15) is 10.2 Å². The van der Waals surface area contributed by atoms with Crippen LogP contribution in [0.2, 0.25) is 0 Å². The first-order valence-corrected chi connectivity index (χ1v) is 7.17. The highest BCUT2D eigenvalue weighted by molar-refractivity contribution is 14.1. The van der Waals surface area contributed by atoms with Gasteiger partial charge in [-0.05, 0) is 29.5 Å². The van der Waals surface area contributed by atoms with Crippen LogP contribution < -0.4 is 5.32 Å². The maximum absolute atomic E-state index is 11.8. The zero-order valence-electron chi connectivity index (χ0n) is 11.3. The molecule has 2 heterocycles. The van der Waals surface area contributed by atoms with Gasteiger partial charge in [-0.3, -0.25) is 9.48 Å². The number of carbonyl (C=O) groups excluding carboxylic acids is 1. The van der Waals surface area contributed by atoms with Crippen molar-refractivity contribution >= 4 is 34.2 Å². The summed E-state index contributed by atoms with van der Waals surface area (Å²) >= 11 is 2.22. The lowest BCUT2D eigenvalue weighted by Gasteiger charge is -2.03. The summed E-state index contributed by atoms with van der Waals surface area (Å²) in [5, 5.41) is 11.2. The number of hydrogen-bond donors (Lipinski definition) is 1. The van der Waals surface area contributed by atoms with Crippen LogP contribution in [0.25, 0.3) is 0 Å². The number of aromatic nitrogens is 4. The highest BCUT2D eigenvalue weighted by Gasteiger charge is 2.07. The standard InChI is InChI=1S/C12H16IN5O2/c1-9-11(13)7-17(16-9)4-3-12(19)15-10-5-14-18(6-10)8-20-2/h5-7H,3-4,8H2,1-2H3,(H,15,19). The quantitative estimate of drug-likeness (QED) is 0.763. The fourth-order valence-corrected chi connectivity index (χ4v) is 2.11. The van der Waals surface area contributed by atoms with Crippen LogP contribution in [0.4, 0.5) is 5.69 Å². The fourth-order valence-electron chi connectivity index (χ4n) is 1.68. The van der Waals surface area contributed by atoms with Gasteiger partial charge in [0.15, 0.2) is 0 Å². The first kappa shape index (κ1) is 15.0. The third-order valence-corrected chi connectivity index (χ3v) is 3.69. The fraction of sp³-hybridized carbons (Fsp3) is 0.417. The summed E-state index contributed by atoms with van der Waals surface area (Å²) in [4.78, 5) is 11.8. The normalized spacial score (nSPS) is 10.8. The Morgan fingerprint density at radius 3 is 2.90 bits per heavy atom. The van der Waals surface area contributed by atoms with Gasteiger partial charge in [0.05, 0.1) is 27.3 Å². The highest BCUT2D eigenvalue weighted by Crippen LogP contribution is 2.09. The van der Waals surface area contributed by atoms with Crippen molar-refractivity contribution in [1.82, 2.24) is 19.6 Å². The van der Waals surface area contributed by atoms with Crippen LogP contribution in [-0.2, 0) is 22.8 Å². The van der Waals surface area contributed by atoms with Crippen LogP contribution in [0.3, 0.4) is 0 Å². The van der Waals surface area contributed by atoms with Crippen LogP contribution in [-0.4, -0.2) is 32.6 Å². The van der Waals surface area contributed by atoms with Crippen molar-refractivity contribution in [3.63, 3.8) is 0 Å². The van der Waals surface area contributed by atoms with Gasteiger partial charge < -0.3 is 10.1 Å². The number of nitrogens with one attached hydrogen (secondary N) is 1. The lowest BCUT2D eigenvalue weighted by Crippen LogP contribution is -2.14. The first-order valence-electron chi connectivity index (χ1n) is 6.09. The molecule has 0 aliphatic carbocycles. The van der Waals surface area contributed by atoms with E-state index in [9.17, 15) is 4.79 Å². The van der Waals surface area contributed by atoms with Crippen molar-refractivity contribution in [2.45, 2.75) is 26.6 Å². The molecule has 2 aromatic heterocycles. The molecule has 0 aromatic carbocycles. The summed E-state index contributed by atoms with van der Waals surface area (Å²) in [5.41, 5.74) is 1.64. The van der Waals surface area contributed by atoms with Crippen LogP contribution >= 0.6 is 22.6 Å². The van der Waals surface area contributed by atoms with Crippen LogP contribution in [0.15, 0.2) is 18.6 Å². The Balaban J connectivity index is 1.82. The van der Waals surface area contributed by atoms with E-state index in [0.717, 1.165) is 9.26 Å². The molecule has 1 N–H and O–H groups in total. The van der Waals surface area contributed by atoms with Crippen molar-refractivity contribution in [3.8, 4) is 0 Å². The molecular formula is C12H16IN5O2. The van der Waals surface area contributed by atoms with Gasteiger partial charge in [0.25, 0.3) is 0 Å². The average molecular weight is 389 g/mol. The Bertz CT molecular complexity index is 573. The molecule has 0 unspecified atom stereocenters. The molecule has 20 heavy (non-hydrogen) atoms. The summed E-state index contributed by atoms with van der Waals surface area (Å²) in [6.07, 6.45) is 5.62. The molecule has 2 aromatic rings. The highest BCUT2D eigenvalue weighted by atomic mass is 127. The zero-order chi connectivity index (χ0) is 14.5. The predicted octanol–water partition coefficient (Wildman–Crippen LogP) is 1.63. The molecule has 7 nitrogen and oxygen atoms in total. The third-order valence-electron chi connectivity index (χ3n) is 2.63. The van der Waals surface area contributed by atoms with Crippen LogP contribution in [0, 0.1) is 10.5 Å². The van der Waals surface area contributed by atoms with Crippen molar-refractivity contribution in [2.75, 3.05) is 12.4 Å². The van der Waals surface area contributed by atoms with Gasteiger partial charge in [-0.25, -0.2) is 4.68 Å². The Morgan fingerprint density at radius 2 is 2.25 bits per heavy atom. The lowest BCUT2D eigenvalue weighted by molar-refractivity contribution is -0.116. The van der Waals surface area contributed by atoms with Crippen molar-refractivity contribution < 1.29 is 9.53 Å². The van der Waals surface area contributed by atoms with E-state index in [4.69, 9.17) is 4.74 Å². The smallest absolute Gasteiger partial charge is 0.226 e. The molecule has 108 valence electrons. The number of methoxy groups -OCH3 is 1. The Morgan fingerprint density at radius 1 is 1.45 bits per heavy atom. The topological polar surface area (TPSA) is 74.0 Å². The number of hydrogen-bond acceptors (Lipinski definition) is 4. The van der Waals surface area contributed by atoms with Gasteiger partial charge >= 0.3 is 0 Å². The first-order chi connectivity index (χ1) is 9.58. The van der Waals surface area contributed by atoms with Gasteiger partial charge in [-0.15, -0.1) is 0 Å². The monoisotopic (exact) mass is 389 g/mol. The summed E-state index contributed by atoms with van der Waals surface area (Å²) in [6.45, 7) is 2.87. The number of anilines is 1. The van der Waals surface area contributed by atoms with Gasteiger partial charge in [0, 0.05) is 26.3 Å². The van der Waals surface area contributed by atoms with E-state index in [1.807, 2.05) is 13.1 Å². The van der Waals surface area contributed by atoms with E-state index < -0.39 is 0 Å². The largest absolute Gasteiger partial charge is 0.362 e. The molecule has 2 rings (SSSR count). The van der Waals surface area contributed by atoms with E-state index in [0.29, 0.717) is 25.4 Å². The van der Waals surface area contributed by atoms with E-state index in [1.54, 1.807) is 28.9 Å². The Kier molecular flexibility index (Phi) is 5.12. The minimum atomic E-state index is -0.0647. The Hall–Kier alpha value is -1.42. The number of halogens is 1.